The van der Waals surface area contributed by atoms with Crippen LogP contribution in [0.4, 0.5) is 5.69 Å². The molecular formula is C25H33ClN4O6. The number of carbonyl (C=O) groups is 3. The topological polar surface area (TPSA) is 136 Å². The molecule has 0 bridgehead atoms. The Balaban J connectivity index is 0.000000392. The molecule has 36 heavy (non-hydrogen) atoms. The molecule has 0 amide bonds. The zero-order chi connectivity index (χ0) is 26.4. The summed E-state index contributed by atoms with van der Waals surface area (Å²) in [6, 6.07) is 2.37. The number of benzene rings is 1. The number of carboxylic acid groups (broad SMARTS) is 2. The SMILES string of the molecule is CCN1CCN(c2cc3[nH]c(C4CC(C)CCO4)nc3c(C=O)c2Cl)[C@@H](C)C1.O=C(O)/C=C/C(=O)O. The largest absolute Gasteiger partial charge is 0.478 e. The Kier molecular flexibility index (Phi) is 9.47. The molecule has 3 heterocycles. The van der Waals surface area contributed by atoms with Crippen LogP contribution in [0.25, 0.3) is 11.0 Å². The molecule has 0 spiro atoms. The van der Waals surface area contributed by atoms with Crippen molar-refractivity contribution in [1.82, 2.24) is 14.9 Å². The second-order valence-electron chi connectivity index (χ2n) is 9.19. The van der Waals surface area contributed by atoms with E-state index in [1.807, 2.05) is 6.07 Å². The van der Waals surface area contributed by atoms with E-state index in [0.29, 0.717) is 40.2 Å². The zero-order valence-electron chi connectivity index (χ0n) is 20.7. The molecule has 196 valence electrons. The van der Waals surface area contributed by atoms with E-state index >= 15 is 0 Å². The molecule has 10 nitrogen and oxygen atoms in total. The van der Waals surface area contributed by atoms with Crippen LogP contribution in [0, 0.1) is 5.92 Å². The molecule has 2 aliphatic rings. The Morgan fingerprint density at radius 2 is 1.94 bits per heavy atom. The minimum Gasteiger partial charge on any atom is -0.478 e. The van der Waals surface area contributed by atoms with E-state index in [9.17, 15) is 14.4 Å². The monoisotopic (exact) mass is 520 g/mol. The molecule has 0 saturated carbocycles. The number of carbonyl (C=O) groups excluding carboxylic acids is 1. The van der Waals surface area contributed by atoms with Crippen LogP contribution in [0.5, 0.6) is 0 Å². The average Bonchev–Trinajstić information content (AvgIpc) is 3.27. The molecule has 2 saturated heterocycles. The highest BCUT2D eigenvalue weighted by Gasteiger charge is 2.29. The van der Waals surface area contributed by atoms with E-state index in [4.69, 9.17) is 31.5 Å². The van der Waals surface area contributed by atoms with Crippen molar-refractivity contribution < 1.29 is 29.3 Å². The van der Waals surface area contributed by atoms with Gasteiger partial charge in [0.15, 0.2) is 6.29 Å². The number of likely N-dealkylation sites (N-methyl/N-ethyl adjacent to an activating group) is 1. The third-order valence-electron chi connectivity index (χ3n) is 6.55. The number of fused-ring (bicyclic) bond motifs is 1. The molecule has 1 aromatic heterocycles. The Morgan fingerprint density at radius 1 is 1.25 bits per heavy atom. The van der Waals surface area contributed by atoms with Gasteiger partial charge in [-0.15, -0.1) is 0 Å². The van der Waals surface area contributed by atoms with Gasteiger partial charge in [0.05, 0.1) is 21.8 Å². The summed E-state index contributed by atoms with van der Waals surface area (Å²) in [5.74, 6) is -1.12. The summed E-state index contributed by atoms with van der Waals surface area (Å²) < 4.78 is 5.92. The van der Waals surface area contributed by atoms with E-state index in [0.717, 1.165) is 68.9 Å². The van der Waals surface area contributed by atoms with Crippen molar-refractivity contribution in [2.24, 2.45) is 5.92 Å². The van der Waals surface area contributed by atoms with Gasteiger partial charge in [-0.25, -0.2) is 14.6 Å². The van der Waals surface area contributed by atoms with Crippen molar-refractivity contribution in [2.45, 2.75) is 45.8 Å². The number of piperazine rings is 1. The van der Waals surface area contributed by atoms with Crippen LogP contribution in [-0.4, -0.2) is 82.1 Å². The number of carboxylic acids is 2. The number of aromatic amines is 1. The van der Waals surface area contributed by atoms with Gasteiger partial charge in [-0.2, -0.15) is 0 Å². The fraction of sp³-hybridized carbons (Fsp3) is 0.520. The van der Waals surface area contributed by atoms with Gasteiger partial charge in [0, 0.05) is 44.4 Å². The molecule has 1 aromatic carbocycles. The van der Waals surface area contributed by atoms with Gasteiger partial charge in [-0.05, 0) is 38.3 Å². The second kappa shape index (κ2) is 12.3. The lowest BCUT2D eigenvalue weighted by Gasteiger charge is -2.41. The highest BCUT2D eigenvalue weighted by Crippen LogP contribution is 2.38. The number of hydrogen-bond donors (Lipinski definition) is 3. The van der Waals surface area contributed by atoms with Crippen LogP contribution in [-0.2, 0) is 14.3 Å². The number of aldehydes is 1. The first-order valence-corrected chi connectivity index (χ1v) is 12.4. The number of H-pyrrole nitrogens is 1. The van der Waals surface area contributed by atoms with E-state index in [1.165, 1.54) is 0 Å². The number of halogens is 1. The number of rotatable bonds is 6. The zero-order valence-corrected chi connectivity index (χ0v) is 21.5. The lowest BCUT2D eigenvalue weighted by Crippen LogP contribution is -2.52. The smallest absolute Gasteiger partial charge is 0.328 e. The Labute approximate surface area is 214 Å². The van der Waals surface area contributed by atoms with E-state index in [-0.39, 0.29) is 6.10 Å². The Bertz CT molecular complexity index is 1120. The molecule has 3 N–H and O–H groups in total. The van der Waals surface area contributed by atoms with Crippen molar-refractivity contribution in [1.29, 1.82) is 0 Å². The van der Waals surface area contributed by atoms with Gasteiger partial charge < -0.3 is 24.8 Å². The van der Waals surface area contributed by atoms with Gasteiger partial charge in [-0.1, -0.05) is 25.4 Å². The molecule has 11 heteroatoms. The summed E-state index contributed by atoms with van der Waals surface area (Å²) in [5.41, 5.74) is 2.86. The molecule has 2 fully saturated rings. The number of nitrogens with one attached hydrogen (secondary N) is 1. The standard InChI is InChI=1S/C21H29ClN4O2.C4H4O4/c1-4-25-6-7-26(14(3)11-25)17-10-16-20(15(12-27)19(17)22)24-21(23-16)18-9-13(2)5-8-28-18;5-3(6)1-2-4(7)8/h10,12-14,18H,4-9,11H2,1-3H3,(H,23,24);1-2H,(H,5,6)(H,7,8)/b;2-1+/t13?,14-,18?;/m0./s1. The summed E-state index contributed by atoms with van der Waals surface area (Å²) in [6.45, 7) is 11.3. The van der Waals surface area contributed by atoms with Crippen LogP contribution >= 0.6 is 11.6 Å². The van der Waals surface area contributed by atoms with Crippen LogP contribution in [0.3, 0.4) is 0 Å². The first kappa shape index (κ1) is 27.6. The number of hydrogen-bond acceptors (Lipinski definition) is 7. The molecule has 2 aromatic rings. The lowest BCUT2D eigenvalue weighted by atomic mass is 9.97. The van der Waals surface area contributed by atoms with E-state index < -0.39 is 11.9 Å². The number of anilines is 1. The molecular weight excluding hydrogens is 488 g/mol. The highest BCUT2D eigenvalue weighted by atomic mass is 35.5. The first-order valence-electron chi connectivity index (χ1n) is 12.1. The molecule has 2 unspecified atom stereocenters. The number of aliphatic carboxylic acids is 2. The normalized spacial score (nSPS) is 22.9. The minimum atomic E-state index is -1.26. The van der Waals surface area contributed by atoms with Gasteiger partial charge >= 0.3 is 11.9 Å². The molecule has 2 aliphatic heterocycles. The molecule has 3 atom stereocenters. The summed E-state index contributed by atoms with van der Waals surface area (Å²) in [6.07, 6.45) is 3.91. The summed E-state index contributed by atoms with van der Waals surface area (Å²) >= 11 is 6.70. The van der Waals surface area contributed by atoms with E-state index in [1.54, 1.807) is 0 Å². The minimum absolute atomic E-state index is 0.0510. The van der Waals surface area contributed by atoms with Crippen molar-refractivity contribution in [3.63, 3.8) is 0 Å². The van der Waals surface area contributed by atoms with Crippen LogP contribution in [0.15, 0.2) is 18.2 Å². The van der Waals surface area contributed by atoms with E-state index in [2.05, 4.69) is 35.6 Å². The third kappa shape index (κ3) is 6.63. The number of nitrogens with zero attached hydrogens (tertiary/aromatic N) is 3. The van der Waals surface area contributed by atoms with Crippen LogP contribution in [0.1, 0.15) is 55.9 Å². The summed E-state index contributed by atoms with van der Waals surface area (Å²) in [5, 5.41) is 16.1. The lowest BCUT2D eigenvalue weighted by molar-refractivity contribution is -0.134. The van der Waals surface area contributed by atoms with Crippen molar-refractivity contribution >= 4 is 46.5 Å². The van der Waals surface area contributed by atoms with Gasteiger partial charge in [0.1, 0.15) is 17.4 Å². The molecule has 0 aliphatic carbocycles. The van der Waals surface area contributed by atoms with Gasteiger partial charge in [-0.3, -0.25) is 9.69 Å². The summed E-state index contributed by atoms with van der Waals surface area (Å²) in [7, 11) is 0. The highest BCUT2D eigenvalue weighted by molar-refractivity contribution is 6.37. The Hall–Kier alpha value is -2.95. The van der Waals surface area contributed by atoms with Crippen molar-refractivity contribution in [3.05, 3.63) is 34.6 Å². The number of imidazole rings is 1. The number of aromatic nitrogens is 2. The fourth-order valence-corrected chi connectivity index (χ4v) is 4.90. The Morgan fingerprint density at radius 3 is 2.50 bits per heavy atom. The van der Waals surface area contributed by atoms with Crippen LogP contribution in [0.2, 0.25) is 5.02 Å². The molecule has 4 rings (SSSR count). The predicted octanol–water partition coefficient (Wildman–Crippen LogP) is 3.76. The van der Waals surface area contributed by atoms with Gasteiger partial charge in [0.2, 0.25) is 0 Å². The molecule has 0 radical (unpaired) electrons. The summed E-state index contributed by atoms with van der Waals surface area (Å²) in [4.78, 5) is 43.9. The first-order chi connectivity index (χ1) is 17.1. The third-order valence-corrected chi connectivity index (χ3v) is 6.95. The number of ether oxygens (including phenoxy) is 1. The maximum absolute atomic E-state index is 11.9. The average molecular weight is 521 g/mol. The maximum Gasteiger partial charge on any atom is 0.328 e. The fourth-order valence-electron chi connectivity index (χ4n) is 4.60. The van der Waals surface area contributed by atoms with Crippen molar-refractivity contribution in [3.8, 4) is 0 Å². The van der Waals surface area contributed by atoms with Crippen molar-refractivity contribution in [2.75, 3.05) is 37.7 Å². The maximum atomic E-state index is 11.9. The van der Waals surface area contributed by atoms with Gasteiger partial charge in [0.25, 0.3) is 0 Å². The second-order valence-corrected chi connectivity index (χ2v) is 9.57. The van der Waals surface area contributed by atoms with Crippen LogP contribution < -0.4 is 4.90 Å². The predicted molar refractivity (Wildman–Crippen MR) is 137 cm³/mol. The quantitative estimate of drug-likeness (QED) is 0.384.